The number of likely N-dealkylation sites (tertiary alicyclic amines) is 1. The number of Topliss-reactive ketones (excluding diaryl/α,β-unsaturated/α-hetero) is 1. The van der Waals surface area contributed by atoms with Gasteiger partial charge in [-0.1, -0.05) is 61.4 Å². The molecule has 0 bridgehead atoms. The molecule has 0 radical (unpaired) electrons. The molecule has 6 N–H and O–H groups in total. The monoisotopic (exact) mass is 1120 g/mol. The van der Waals surface area contributed by atoms with Crippen LogP contribution in [0.5, 0.6) is 0 Å². The van der Waals surface area contributed by atoms with Gasteiger partial charge in [0.15, 0.2) is 5.78 Å². The molecule has 4 saturated heterocycles. The highest BCUT2D eigenvalue weighted by Crippen LogP contribution is 2.37. The van der Waals surface area contributed by atoms with Crippen molar-refractivity contribution in [3.05, 3.63) is 76.4 Å². The molecule has 434 valence electrons. The lowest BCUT2D eigenvalue weighted by atomic mass is 9.76. The third kappa shape index (κ3) is 15.0. The first-order valence-corrected chi connectivity index (χ1v) is 28.9. The quantitative estimate of drug-likeness (QED) is 0.0715. The number of alkyl halides is 2. The lowest BCUT2D eigenvalue weighted by molar-refractivity contribution is -0.145. The lowest BCUT2D eigenvalue weighted by Crippen LogP contribution is -2.59. The van der Waals surface area contributed by atoms with E-state index in [1.165, 1.54) is 47.1 Å². The van der Waals surface area contributed by atoms with Crippen LogP contribution in [-0.2, 0) is 55.6 Å². The number of allylic oxidation sites excluding steroid dienone is 1. The number of carbonyl (C=O) groups excluding carboxylic acids is 10. The maximum absolute atomic E-state index is 14.7. The van der Waals surface area contributed by atoms with Crippen LogP contribution in [0.3, 0.4) is 0 Å². The number of nitrogens with two attached hydrogens (primary N) is 1. The Kier molecular flexibility index (Phi) is 19.6. The second kappa shape index (κ2) is 26.5. The van der Waals surface area contributed by atoms with Crippen molar-refractivity contribution in [2.75, 3.05) is 13.1 Å². The third-order valence-electron chi connectivity index (χ3n) is 17.4. The minimum atomic E-state index is -3.05. The largest absolute Gasteiger partial charge is 0.370 e. The highest BCUT2D eigenvalue weighted by Gasteiger charge is 2.47. The fraction of sp³-hybridized carbons (Fsp3) is 0.574. The summed E-state index contributed by atoms with van der Waals surface area (Å²) in [5, 5.41) is 11.0. The first kappa shape index (κ1) is 59.8. The van der Waals surface area contributed by atoms with Gasteiger partial charge >= 0.3 is 0 Å². The predicted molar refractivity (Wildman–Crippen MR) is 295 cm³/mol. The smallest absolute Gasteiger partial charge is 0.270 e. The zero-order valence-corrected chi connectivity index (χ0v) is 46.6. The van der Waals surface area contributed by atoms with E-state index in [-0.39, 0.29) is 92.6 Å². The zero-order valence-electron chi connectivity index (χ0n) is 46.6. The molecule has 5 fully saturated rings. The lowest BCUT2D eigenvalue weighted by Gasteiger charge is -2.38. The Balaban J connectivity index is 0.904. The van der Waals surface area contributed by atoms with Crippen molar-refractivity contribution >= 4 is 64.5 Å². The zero-order chi connectivity index (χ0) is 58.1. The van der Waals surface area contributed by atoms with Gasteiger partial charge in [-0.15, -0.1) is 0 Å². The summed E-state index contributed by atoms with van der Waals surface area (Å²) in [6, 6.07) is 5.91. The summed E-state index contributed by atoms with van der Waals surface area (Å²) < 4.78 is 27.8. The van der Waals surface area contributed by atoms with Crippen LogP contribution in [0, 0.1) is 29.6 Å². The second-order valence-corrected chi connectivity index (χ2v) is 23.1. The average molecular weight is 1120 g/mol. The van der Waals surface area contributed by atoms with E-state index in [2.05, 4.69) is 33.1 Å². The summed E-state index contributed by atoms with van der Waals surface area (Å²) in [4.78, 5) is 139. The normalized spacial score (nSPS) is 23.6. The second-order valence-electron chi connectivity index (χ2n) is 23.1. The number of hydrogen-bond donors (Lipinski definition) is 5. The fourth-order valence-corrected chi connectivity index (χ4v) is 12.9. The van der Waals surface area contributed by atoms with Gasteiger partial charge in [-0.3, -0.25) is 53.3 Å². The van der Waals surface area contributed by atoms with Crippen LogP contribution in [0.1, 0.15) is 175 Å². The van der Waals surface area contributed by atoms with Gasteiger partial charge in [0.05, 0.1) is 6.04 Å². The number of rotatable bonds is 18. The molecule has 9 amide bonds. The maximum Gasteiger partial charge on any atom is 0.270 e. The molecule has 1 aliphatic carbocycles. The molecule has 2 aromatic carbocycles. The van der Waals surface area contributed by atoms with Gasteiger partial charge in [-0.05, 0) is 125 Å². The average Bonchev–Trinajstić information content (AvgIpc) is 4.27. The fourth-order valence-electron chi connectivity index (χ4n) is 12.9. The van der Waals surface area contributed by atoms with Gasteiger partial charge in [0.1, 0.15) is 18.1 Å². The van der Waals surface area contributed by atoms with E-state index in [0.29, 0.717) is 61.4 Å². The molecule has 5 aliphatic heterocycles. The van der Waals surface area contributed by atoms with Crippen molar-refractivity contribution in [1.29, 1.82) is 0 Å². The van der Waals surface area contributed by atoms with Crippen molar-refractivity contribution in [3.8, 4) is 11.8 Å². The number of carbonyl (C=O) groups is 10. The molecular weight excluding hydrogens is 1040 g/mol. The number of imide groups is 1. The van der Waals surface area contributed by atoms with E-state index in [1.807, 2.05) is 11.0 Å². The number of nitrogens with zero attached hydrogens (tertiary/aromatic N) is 3. The summed E-state index contributed by atoms with van der Waals surface area (Å²) in [5.41, 5.74) is 8.39. The Morgan fingerprint density at radius 3 is 2.28 bits per heavy atom. The Morgan fingerprint density at radius 1 is 0.877 bits per heavy atom. The number of halogens is 2. The van der Waals surface area contributed by atoms with Gasteiger partial charge in [0.2, 0.25) is 47.3 Å². The van der Waals surface area contributed by atoms with E-state index in [0.717, 1.165) is 69.4 Å². The van der Waals surface area contributed by atoms with Crippen LogP contribution in [0.25, 0.3) is 5.57 Å². The van der Waals surface area contributed by atoms with Gasteiger partial charge in [-0.2, -0.15) is 0 Å². The number of primary amides is 1. The molecular formula is C61H76F2N8O10. The van der Waals surface area contributed by atoms with Crippen molar-refractivity contribution in [2.45, 2.75) is 191 Å². The minimum absolute atomic E-state index is 0.0623. The Labute approximate surface area is 471 Å². The summed E-state index contributed by atoms with van der Waals surface area (Å²) in [6.45, 7) is 5.07. The van der Waals surface area contributed by atoms with E-state index in [1.54, 1.807) is 19.1 Å². The van der Waals surface area contributed by atoms with Gasteiger partial charge < -0.3 is 36.4 Å². The van der Waals surface area contributed by atoms with E-state index in [4.69, 9.17) is 5.73 Å². The van der Waals surface area contributed by atoms with Crippen LogP contribution < -0.4 is 27.0 Å². The Hall–Kier alpha value is -7.30. The SMILES string of the molecule is CC(=O)N[C@@H]1CC[C@H](NC(=O)/C=C(\C)c2ccc(C(C)(F)F)cc2)C(=O)N2[C@H](CC[C@H]2C(=O)N[C@@H](CCC(N)=O)C(=O)C[C@H](C(=O)N2CCC(CCC#Cc3cccc4c3CN(C3CCC(=O)NC3=O)C4=O)CC2)C2CCCCC2)C1. The van der Waals surface area contributed by atoms with Gasteiger partial charge in [0.25, 0.3) is 11.8 Å². The number of nitrogens with one attached hydrogen (secondary N) is 4. The Morgan fingerprint density at radius 2 is 1.60 bits per heavy atom. The number of benzene rings is 2. The molecule has 1 saturated carbocycles. The topological polar surface area (TPSA) is 255 Å². The van der Waals surface area contributed by atoms with E-state index in [9.17, 15) is 56.7 Å². The molecule has 18 nitrogen and oxygen atoms in total. The molecule has 8 rings (SSSR count). The molecule has 20 heteroatoms. The highest BCUT2D eigenvalue weighted by atomic mass is 19.3. The van der Waals surface area contributed by atoms with Gasteiger partial charge in [0, 0.05) is 99.9 Å². The van der Waals surface area contributed by atoms with Crippen LogP contribution in [0.2, 0.25) is 0 Å². The number of ketones is 1. The van der Waals surface area contributed by atoms with Crippen molar-refractivity contribution in [2.24, 2.45) is 23.5 Å². The molecule has 6 aliphatic rings. The van der Waals surface area contributed by atoms with Crippen molar-refractivity contribution in [1.82, 2.24) is 36.0 Å². The predicted octanol–water partition coefficient (Wildman–Crippen LogP) is 5.47. The summed E-state index contributed by atoms with van der Waals surface area (Å²) in [5.74, 6) is -1.24. The van der Waals surface area contributed by atoms with Crippen LogP contribution in [0.4, 0.5) is 8.78 Å². The third-order valence-corrected chi connectivity index (χ3v) is 17.4. The maximum atomic E-state index is 14.7. The standard InChI is InChI=1S/C61H76F2N8O10/c1-36(39-16-18-42(19-17-39)61(3,62)63)32-55(76)66-49-22-20-43(65-37(2)72)33-44-21-24-51(71(44)60(49)81)57(78)67-48(23-26-53(64)74)52(73)34-46(40-11-5-4-6-12-40)58(79)69-30-28-38(29-31-69)10-7-8-13-41-14-9-15-45-47(41)35-70(59(45)80)50-25-27-54(75)68-56(50)77/h9,14-19,32,38,40,43-44,46,48-51H,4-7,10-12,20-31,33-35H2,1-3H3,(H2,64,74)(H,65,72)(H,66,76)(H,67,78)(H,68,75,77)/b36-32+/t43-,44-,46+,48+,49+,50?,51+/m1/s1. The molecule has 2 aromatic rings. The molecule has 0 aromatic heterocycles. The van der Waals surface area contributed by atoms with Crippen molar-refractivity contribution < 1.29 is 56.7 Å². The summed E-state index contributed by atoms with van der Waals surface area (Å²) in [7, 11) is 0. The number of hydrogen-bond acceptors (Lipinski definition) is 10. The molecule has 0 spiro atoms. The molecule has 5 heterocycles. The molecule has 1 unspecified atom stereocenters. The van der Waals surface area contributed by atoms with E-state index >= 15 is 0 Å². The first-order chi connectivity index (χ1) is 38.6. The van der Waals surface area contributed by atoms with Crippen molar-refractivity contribution in [3.63, 3.8) is 0 Å². The molecule has 81 heavy (non-hydrogen) atoms. The highest BCUT2D eigenvalue weighted by molar-refractivity contribution is 6.06. The first-order valence-electron chi connectivity index (χ1n) is 28.9. The Bertz CT molecular complexity index is 2860. The van der Waals surface area contributed by atoms with Crippen LogP contribution in [-0.4, -0.2) is 123 Å². The minimum Gasteiger partial charge on any atom is -0.370 e. The number of piperidine rings is 2. The number of fused-ring (bicyclic) bond motifs is 2. The molecule has 7 atom stereocenters. The van der Waals surface area contributed by atoms with Crippen LogP contribution in [0.15, 0.2) is 48.5 Å². The van der Waals surface area contributed by atoms with Gasteiger partial charge in [-0.25, -0.2) is 8.78 Å². The van der Waals surface area contributed by atoms with E-state index < -0.39 is 77.4 Å². The summed E-state index contributed by atoms with van der Waals surface area (Å²) in [6.07, 6.45) is 9.91. The summed E-state index contributed by atoms with van der Waals surface area (Å²) >= 11 is 0. The number of amides is 9. The van der Waals surface area contributed by atoms with Crippen LogP contribution >= 0.6 is 0 Å².